The van der Waals surface area contributed by atoms with E-state index in [-0.39, 0.29) is 24.8 Å². The molecule has 1 amide bonds. The number of carbonyl (C=O) groups excluding carboxylic acids is 1. The molecule has 2 N–H and O–H groups in total. The van der Waals surface area contributed by atoms with Crippen LogP contribution in [0, 0.1) is 11.8 Å². The predicted octanol–water partition coefficient (Wildman–Crippen LogP) is 3.28. The Bertz CT molecular complexity index is 650. The van der Waals surface area contributed by atoms with Gasteiger partial charge in [0, 0.05) is 11.9 Å². The second-order valence-electron chi connectivity index (χ2n) is 5.77. The molecule has 0 radical (unpaired) electrons. The van der Waals surface area contributed by atoms with Gasteiger partial charge in [-0.05, 0) is 23.8 Å². The molecule has 0 spiro atoms. The van der Waals surface area contributed by atoms with E-state index >= 15 is 0 Å². The molecule has 0 aliphatic carbocycles. The van der Waals surface area contributed by atoms with Crippen LogP contribution in [0.1, 0.15) is 26.0 Å². The molecule has 1 atom stereocenters. The minimum absolute atomic E-state index is 0.161. The summed E-state index contributed by atoms with van der Waals surface area (Å²) in [5, 5.41) is 16.7. The number of rotatable bonds is 8. The molecule has 0 aliphatic rings. The summed E-state index contributed by atoms with van der Waals surface area (Å²) in [6, 6.07) is 3.96. The van der Waals surface area contributed by atoms with Crippen molar-refractivity contribution < 1.29 is 14.7 Å². The van der Waals surface area contributed by atoms with Gasteiger partial charge in [-0.25, -0.2) is 4.98 Å². The third-order valence-electron chi connectivity index (χ3n) is 3.28. The van der Waals surface area contributed by atoms with Crippen molar-refractivity contribution >= 4 is 34.6 Å². The number of thiazole rings is 1. The van der Waals surface area contributed by atoms with Crippen molar-refractivity contribution in [2.24, 2.45) is 11.8 Å². The number of carboxylic acid groups (broad SMARTS) is 1. The van der Waals surface area contributed by atoms with E-state index in [1.807, 2.05) is 36.7 Å². The summed E-state index contributed by atoms with van der Waals surface area (Å²) in [7, 11) is 0. The highest BCUT2D eigenvalue weighted by Crippen LogP contribution is 2.27. The van der Waals surface area contributed by atoms with Crippen LogP contribution in [0.25, 0.3) is 9.88 Å². The molecule has 1 unspecified atom stereocenters. The Morgan fingerprint density at radius 3 is 2.74 bits per heavy atom. The van der Waals surface area contributed by atoms with Crippen molar-refractivity contribution in [3.63, 3.8) is 0 Å². The molecule has 0 aliphatic heterocycles. The van der Waals surface area contributed by atoms with Gasteiger partial charge >= 0.3 is 5.97 Å². The Morgan fingerprint density at radius 1 is 1.35 bits per heavy atom. The minimum Gasteiger partial charge on any atom is -0.481 e. The van der Waals surface area contributed by atoms with Crippen LogP contribution in [0.4, 0.5) is 0 Å². The van der Waals surface area contributed by atoms with E-state index < -0.39 is 11.9 Å². The lowest BCUT2D eigenvalue weighted by atomic mass is 9.97. The molecule has 23 heavy (non-hydrogen) atoms. The van der Waals surface area contributed by atoms with Crippen LogP contribution in [0.5, 0.6) is 0 Å². The lowest BCUT2D eigenvalue weighted by molar-refractivity contribution is -0.142. The monoisotopic (exact) mass is 352 g/mol. The van der Waals surface area contributed by atoms with E-state index in [0.717, 1.165) is 9.88 Å². The summed E-state index contributed by atoms with van der Waals surface area (Å²) in [5.41, 5.74) is 0.714. The molecule has 2 aromatic heterocycles. The highest BCUT2D eigenvalue weighted by Gasteiger charge is 2.20. The van der Waals surface area contributed by atoms with E-state index in [1.165, 1.54) is 11.3 Å². The largest absolute Gasteiger partial charge is 0.481 e. The summed E-state index contributed by atoms with van der Waals surface area (Å²) in [6.45, 7) is 4.10. The van der Waals surface area contributed by atoms with Gasteiger partial charge in [-0.3, -0.25) is 9.59 Å². The molecule has 0 fully saturated rings. The highest BCUT2D eigenvalue weighted by atomic mass is 32.1. The SMILES string of the molecule is CC(C)CC(CNC(=O)Cc1csc(-c2cccs2)n1)C(=O)O. The molecule has 5 nitrogen and oxygen atoms in total. The van der Waals surface area contributed by atoms with Gasteiger partial charge in [-0.1, -0.05) is 19.9 Å². The van der Waals surface area contributed by atoms with Gasteiger partial charge < -0.3 is 10.4 Å². The van der Waals surface area contributed by atoms with Gasteiger partial charge in [-0.2, -0.15) is 0 Å². The zero-order valence-corrected chi connectivity index (χ0v) is 14.7. The van der Waals surface area contributed by atoms with Gasteiger partial charge in [0.15, 0.2) is 0 Å². The molecule has 2 aromatic rings. The smallest absolute Gasteiger partial charge is 0.308 e. The van der Waals surface area contributed by atoms with E-state index in [9.17, 15) is 14.7 Å². The Kier molecular flexibility index (Phi) is 6.29. The Balaban J connectivity index is 1.86. The third-order valence-corrected chi connectivity index (χ3v) is 5.21. The molecule has 0 saturated carbocycles. The Labute approximate surface area is 143 Å². The van der Waals surface area contributed by atoms with Crippen molar-refractivity contribution in [3.8, 4) is 9.88 Å². The summed E-state index contributed by atoms with van der Waals surface area (Å²) in [5.74, 6) is -1.33. The molecule has 124 valence electrons. The van der Waals surface area contributed by atoms with Crippen molar-refractivity contribution in [2.45, 2.75) is 26.7 Å². The number of carbonyl (C=O) groups is 2. The number of nitrogens with one attached hydrogen (secondary N) is 1. The number of nitrogens with zero attached hydrogens (tertiary/aromatic N) is 1. The topological polar surface area (TPSA) is 79.3 Å². The Morgan fingerprint density at radius 2 is 2.13 bits per heavy atom. The Hall–Kier alpha value is -1.73. The summed E-state index contributed by atoms with van der Waals surface area (Å²) < 4.78 is 0. The van der Waals surface area contributed by atoms with Crippen molar-refractivity contribution in [1.29, 1.82) is 0 Å². The van der Waals surface area contributed by atoms with Gasteiger partial charge in [0.05, 0.1) is 22.9 Å². The van der Waals surface area contributed by atoms with Gasteiger partial charge in [0.25, 0.3) is 0 Å². The molecule has 0 bridgehead atoms. The van der Waals surface area contributed by atoms with Crippen LogP contribution in [0.3, 0.4) is 0 Å². The predicted molar refractivity (Wildman–Crippen MR) is 92.7 cm³/mol. The maximum atomic E-state index is 12.0. The van der Waals surface area contributed by atoms with Crippen LogP contribution >= 0.6 is 22.7 Å². The van der Waals surface area contributed by atoms with Gasteiger partial charge in [0.1, 0.15) is 5.01 Å². The van der Waals surface area contributed by atoms with E-state index in [0.29, 0.717) is 12.1 Å². The summed E-state index contributed by atoms with van der Waals surface area (Å²) in [4.78, 5) is 28.7. The van der Waals surface area contributed by atoms with Crippen LogP contribution < -0.4 is 5.32 Å². The fraction of sp³-hybridized carbons (Fsp3) is 0.438. The van der Waals surface area contributed by atoms with Crippen molar-refractivity contribution in [2.75, 3.05) is 6.54 Å². The first-order chi connectivity index (χ1) is 11.0. The fourth-order valence-corrected chi connectivity index (χ4v) is 3.84. The number of aromatic nitrogens is 1. The number of aliphatic carboxylic acids is 1. The molecular formula is C16H20N2O3S2. The lowest BCUT2D eigenvalue weighted by Gasteiger charge is -2.15. The number of hydrogen-bond donors (Lipinski definition) is 2. The average Bonchev–Trinajstić information content (AvgIpc) is 3.13. The number of amides is 1. The maximum absolute atomic E-state index is 12.0. The lowest BCUT2D eigenvalue weighted by Crippen LogP contribution is -2.34. The van der Waals surface area contributed by atoms with Crippen LogP contribution in [0.2, 0.25) is 0 Å². The van der Waals surface area contributed by atoms with E-state index in [4.69, 9.17) is 0 Å². The molecule has 2 rings (SSSR count). The van der Waals surface area contributed by atoms with Crippen molar-refractivity contribution in [3.05, 3.63) is 28.6 Å². The van der Waals surface area contributed by atoms with Crippen LogP contribution in [0.15, 0.2) is 22.9 Å². The average molecular weight is 352 g/mol. The first kappa shape index (κ1) is 17.6. The standard InChI is InChI=1S/C16H20N2O3S2/c1-10(2)6-11(16(20)21)8-17-14(19)7-12-9-23-15(18-12)13-4-3-5-22-13/h3-5,9-11H,6-8H2,1-2H3,(H,17,19)(H,20,21). The zero-order chi connectivity index (χ0) is 16.8. The van der Waals surface area contributed by atoms with Gasteiger partial charge in [-0.15, -0.1) is 22.7 Å². The van der Waals surface area contributed by atoms with Crippen LogP contribution in [-0.2, 0) is 16.0 Å². The fourth-order valence-electron chi connectivity index (χ4n) is 2.21. The summed E-state index contributed by atoms with van der Waals surface area (Å²) in [6.07, 6.45) is 0.727. The zero-order valence-electron chi connectivity index (χ0n) is 13.1. The summed E-state index contributed by atoms with van der Waals surface area (Å²) >= 11 is 3.13. The first-order valence-electron chi connectivity index (χ1n) is 7.43. The van der Waals surface area contributed by atoms with E-state index in [1.54, 1.807) is 11.3 Å². The van der Waals surface area contributed by atoms with Crippen LogP contribution in [-0.4, -0.2) is 28.5 Å². The quantitative estimate of drug-likeness (QED) is 0.764. The maximum Gasteiger partial charge on any atom is 0.308 e. The second-order valence-corrected chi connectivity index (χ2v) is 7.57. The van der Waals surface area contributed by atoms with Gasteiger partial charge in [0.2, 0.25) is 5.91 Å². The second kappa shape index (κ2) is 8.21. The highest BCUT2D eigenvalue weighted by molar-refractivity contribution is 7.20. The van der Waals surface area contributed by atoms with E-state index in [2.05, 4.69) is 10.3 Å². The molecule has 0 aromatic carbocycles. The minimum atomic E-state index is -0.868. The normalized spacial score (nSPS) is 12.3. The number of carboxylic acids is 1. The third kappa shape index (κ3) is 5.44. The molecular weight excluding hydrogens is 332 g/mol. The molecule has 7 heteroatoms. The molecule has 0 saturated heterocycles. The first-order valence-corrected chi connectivity index (χ1v) is 9.19. The molecule has 2 heterocycles. The number of hydrogen-bond acceptors (Lipinski definition) is 5. The van der Waals surface area contributed by atoms with Crippen molar-refractivity contribution in [1.82, 2.24) is 10.3 Å². The number of thiophene rings is 1.